The van der Waals surface area contributed by atoms with Crippen LogP contribution in [0.3, 0.4) is 0 Å². The lowest BCUT2D eigenvalue weighted by atomic mass is 9.71. The highest BCUT2D eigenvalue weighted by molar-refractivity contribution is 5.85. The zero-order valence-electron chi connectivity index (χ0n) is 23.4. The first-order valence-corrected chi connectivity index (χ1v) is 13.9. The molecular weight excluding hydrogens is 513 g/mol. The number of aliphatic hydroxyl groups is 2. The maximum atomic E-state index is 13.3. The molecule has 5 rings (SSSR count). The second-order valence-corrected chi connectivity index (χ2v) is 12.0. The van der Waals surface area contributed by atoms with Crippen molar-refractivity contribution in [3.05, 3.63) is 106 Å². The number of aryl methyl sites for hydroxylation is 1. The molecule has 0 radical (unpaired) electrons. The minimum absolute atomic E-state index is 0. The van der Waals surface area contributed by atoms with Crippen LogP contribution in [-0.2, 0) is 17.7 Å². The predicted octanol–water partition coefficient (Wildman–Crippen LogP) is 6.58. The van der Waals surface area contributed by atoms with Crippen LogP contribution in [0, 0.1) is 23.6 Å². The Morgan fingerprint density at radius 3 is 2.41 bits per heavy atom. The van der Waals surface area contributed by atoms with Gasteiger partial charge in [-0.15, -0.1) is 12.4 Å². The SMILES string of the molecule is CC(CCc1ccc(F)cc1)C(C)C1=CC(O)(O)C2=C3CN(Cc4ccccc4)CCC3C(C)(C)OC2=C1.Cl. The van der Waals surface area contributed by atoms with E-state index in [0.717, 1.165) is 49.1 Å². The van der Waals surface area contributed by atoms with Crippen molar-refractivity contribution < 1.29 is 19.3 Å². The number of fused-ring (bicyclic) bond motifs is 2. The molecule has 6 heteroatoms. The Kier molecular flexibility index (Phi) is 8.77. The Bertz CT molecular complexity index is 1250. The number of benzene rings is 2. The van der Waals surface area contributed by atoms with E-state index in [1.54, 1.807) is 6.08 Å². The summed E-state index contributed by atoms with van der Waals surface area (Å²) >= 11 is 0. The van der Waals surface area contributed by atoms with Gasteiger partial charge in [0.1, 0.15) is 17.2 Å². The number of rotatable bonds is 7. The molecule has 2 N–H and O–H groups in total. The van der Waals surface area contributed by atoms with Crippen molar-refractivity contribution in [3.8, 4) is 0 Å². The molecule has 2 heterocycles. The van der Waals surface area contributed by atoms with Gasteiger partial charge in [0.15, 0.2) is 0 Å². The van der Waals surface area contributed by atoms with Gasteiger partial charge in [-0.3, -0.25) is 4.90 Å². The molecule has 1 fully saturated rings. The normalized spacial score (nSPS) is 23.3. The van der Waals surface area contributed by atoms with Gasteiger partial charge < -0.3 is 14.9 Å². The fourth-order valence-electron chi connectivity index (χ4n) is 6.38. The quantitative estimate of drug-likeness (QED) is 0.380. The maximum absolute atomic E-state index is 13.3. The van der Waals surface area contributed by atoms with E-state index in [1.807, 2.05) is 24.3 Å². The van der Waals surface area contributed by atoms with Gasteiger partial charge >= 0.3 is 0 Å². The van der Waals surface area contributed by atoms with E-state index in [2.05, 4.69) is 56.9 Å². The van der Waals surface area contributed by atoms with E-state index in [9.17, 15) is 14.6 Å². The molecular formula is C33H41ClFNO3. The lowest BCUT2D eigenvalue weighted by Gasteiger charge is -2.50. The summed E-state index contributed by atoms with van der Waals surface area (Å²) in [5, 5.41) is 22.9. The monoisotopic (exact) mass is 553 g/mol. The molecule has 210 valence electrons. The van der Waals surface area contributed by atoms with Crippen LogP contribution in [0.4, 0.5) is 4.39 Å². The van der Waals surface area contributed by atoms with Gasteiger partial charge in [-0.2, -0.15) is 0 Å². The number of ether oxygens (including phenoxy) is 1. The lowest BCUT2D eigenvalue weighted by Crippen LogP contribution is -2.51. The molecule has 2 aliphatic heterocycles. The molecule has 0 spiro atoms. The lowest BCUT2D eigenvalue weighted by molar-refractivity contribution is -0.108. The number of halogens is 2. The van der Waals surface area contributed by atoms with Gasteiger partial charge in [0, 0.05) is 19.0 Å². The van der Waals surface area contributed by atoms with Crippen molar-refractivity contribution in [3.63, 3.8) is 0 Å². The molecule has 1 aliphatic carbocycles. The van der Waals surface area contributed by atoms with Gasteiger partial charge in [0.2, 0.25) is 5.79 Å². The van der Waals surface area contributed by atoms with Crippen molar-refractivity contribution in [2.45, 2.75) is 64.9 Å². The Labute approximate surface area is 238 Å². The Morgan fingerprint density at radius 2 is 1.72 bits per heavy atom. The van der Waals surface area contributed by atoms with Crippen LogP contribution in [0.1, 0.15) is 51.7 Å². The maximum Gasteiger partial charge on any atom is 0.214 e. The average molecular weight is 554 g/mol. The summed E-state index contributed by atoms with van der Waals surface area (Å²) in [5.74, 6) is -1.21. The minimum Gasteiger partial charge on any atom is -0.487 e. The van der Waals surface area contributed by atoms with Gasteiger partial charge in [0.05, 0.1) is 5.57 Å². The summed E-state index contributed by atoms with van der Waals surface area (Å²) in [5.41, 5.74) is 4.41. The molecule has 0 amide bonds. The van der Waals surface area contributed by atoms with Crippen molar-refractivity contribution in [1.29, 1.82) is 0 Å². The van der Waals surface area contributed by atoms with Crippen LogP contribution in [-0.4, -0.2) is 39.6 Å². The molecule has 0 bridgehead atoms. The number of piperidine rings is 1. The summed E-state index contributed by atoms with van der Waals surface area (Å²) in [6.45, 7) is 11.0. The van der Waals surface area contributed by atoms with E-state index >= 15 is 0 Å². The number of hydrogen-bond donors (Lipinski definition) is 2. The molecule has 0 saturated carbocycles. The van der Waals surface area contributed by atoms with Crippen LogP contribution < -0.4 is 0 Å². The molecule has 0 aromatic heterocycles. The molecule has 3 atom stereocenters. The van der Waals surface area contributed by atoms with Gasteiger partial charge in [-0.05, 0) is 98.0 Å². The van der Waals surface area contributed by atoms with E-state index in [1.165, 1.54) is 17.7 Å². The molecule has 2 aromatic carbocycles. The molecule has 1 saturated heterocycles. The van der Waals surface area contributed by atoms with Crippen LogP contribution in [0.2, 0.25) is 0 Å². The number of hydrogen-bond acceptors (Lipinski definition) is 4. The van der Waals surface area contributed by atoms with Crippen LogP contribution >= 0.6 is 12.4 Å². The summed E-state index contributed by atoms with van der Waals surface area (Å²) in [7, 11) is 0. The third-order valence-corrected chi connectivity index (χ3v) is 8.79. The Hall–Kier alpha value is -2.44. The highest BCUT2D eigenvalue weighted by Crippen LogP contribution is 2.49. The van der Waals surface area contributed by atoms with Crippen molar-refractivity contribution in [2.75, 3.05) is 13.1 Å². The van der Waals surface area contributed by atoms with Crippen molar-refractivity contribution in [2.24, 2.45) is 17.8 Å². The standard InChI is InChI=1S/C33H40FNO3.ClH/c1-22(10-11-24-12-14-27(34)15-13-24)23(2)26-18-30-31(33(36,37)19-26)28-21-35(20-25-8-6-5-7-9-25)17-16-29(28)32(3,4)38-30;/h5-9,12-15,18-19,22-23,29,36-37H,10-11,16-17,20-21H2,1-4H3;1H. The second kappa shape index (κ2) is 11.6. The minimum atomic E-state index is -2.08. The zero-order valence-corrected chi connectivity index (χ0v) is 24.2. The highest BCUT2D eigenvalue weighted by Gasteiger charge is 2.49. The Balaban J connectivity index is 0.00000353. The molecule has 3 aliphatic rings. The average Bonchev–Trinajstić information content (AvgIpc) is 2.87. The predicted molar refractivity (Wildman–Crippen MR) is 156 cm³/mol. The van der Waals surface area contributed by atoms with Gasteiger partial charge in [-0.25, -0.2) is 4.39 Å². The van der Waals surface area contributed by atoms with Crippen LogP contribution in [0.15, 0.2) is 89.2 Å². The zero-order chi connectivity index (χ0) is 27.1. The first-order valence-electron chi connectivity index (χ1n) is 13.9. The number of nitrogens with zero attached hydrogens (tertiary/aromatic N) is 1. The van der Waals surface area contributed by atoms with E-state index in [4.69, 9.17) is 4.74 Å². The van der Waals surface area contributed by atoms with Crippen molar-refractivity contribution in [1.82, 2.24) is 4.90 Å². The smallest absolute Gasteiger partial charge is 0.214 e. The summed E-state index contributed by atoms with van der Waals surface area (Å²) < 4.78 is 19.8. The fraction of sp³-hybridized carbons (Fsp3) is 0.455. The van der Waals surface area contributed by atoms with Crippen LogP contribution in [0.5, 0.6) is 0 Å². The van der Waals surface area contributed by atoms with E-state index in [-0.39, 0.29) is 36.0 Å². The summed E-state index contributed by atoms with van der Waals surface area (Å²) in [6, 6.07) is 17.1. The topological polar surface area (TPSA) is 52.9 Å². The first-order chi connectivity index (χ1) is 18.0. The second-order valence-electron chi connectivity index (χ2n) is 12.0. The molecule has 39 heavy (non-hydrogen) atoms. The van der Waals surface area contributed by atoms with Crippen LogP contribution in [0.25, 0.3) is 0 Å². The molecule has 2 aromatic rings. The highest BCUT2D eigenvalue weighted by atomic mass is 35.5. The number of allylic oxidation sites excluding steroid dienone is 2. The molecule has 3 unspecified atom stereocenters. The van der Waals surface area contributed by atoms with Gasteiger partial charge in [0.25, 0.3) is 0 Å². The van der Waals surface area contributed by atoms with Crippen molar-refractivity contribution >= 4 is 12.4 Å². The third-order valence-electron chi connectivity index (χ3n) is 8.79. The summed E-state index contributed by atoms with van der Waals surface area (Å²) in [4.78, 5) is 2.39. The molecule has 4 nitrogen and oxygen atoms in total. The largest absolute Gasteiger partial charge is 0.487 e. The van der Waals surface area contributed by atoms with E-state index in [0.29, 0.717) is 17.9 Å². The number of likely N-dealkylation sites (tertiary alicyclic amines) is 1. The Morgan fingerprint density at radius 1 is 1.03 bits per heavy atom. The third kappa shape index (κ3) is 6.33. The summed E-state index contributed by atoms with van der Waals surface area (Å²) in [6.07, 6.45) is 6.31. The first kappa shape index (κ1) is 29.5. The fourth-order valence-corrected chi connectivity index (χ4v) is 6.38. The van der Waals surface area contributed by atoms with E-state index < -0.39 is 11.4 Å². The van der Waals surface area contributed by atoms with Gasteiger partial charge in [-0.1, -0.05) is 56.3 Å².